The summed E-state index contributed by atoms with van der Waals surface area (Å²) in [6.07, 6.45) is -2.88. The zero-order chi connectivity index (χ0) is 25.4. The summed E-state index contributed by atoms with van der Waals surface area (Å²) >= 11 is 3.89. The Labute approximate surface area is 219 Å². The van der Waals surface area contributed by atoms with E-state index in [-0.39, 0.29) is 12.0 Å². The predicted octanol–water partition coefficient (Wildman–Crippen LogP) is 4.59. The van der Waals surface area contributed by atoms with Crippen LogP contribution in [0.3, 0.4) is 0 Å². The van der Waals surface area contributed by atoms with Crippen LogP contribution < -0.4 is 4.74 Å². The Morgan fingerprint density at radius 1 is 1.15 bits per heavy atom. The van der Waals surface area contributed by atoms with Crippen LogP contribution in [-0.4, -0.2) is 42.3 Å². The van der Waals surface area contributed by atoms with Crippen LogP contribution in [0.4, 0.5) is 17.6 Å². The molecule has 14 heteroatoms. The number of hydrogen-bond donors (Lipinski definition) is 0. The van der Waals surface area contributed by atoms with Crippen LogP contribution in [0.1, 0.15) is 31.6 Å². The van der Waals surface area contributed by atoms with Crippen LogP contribution in [-0.2, 0) is 24.4 Å². The molecule has 1 aromatic carbocycles. The van der Waals surface area contributed by atoms with E-state index in [0.717, 1.165) is 0 Å². The Kier molecular flexibility index (Phi) is 6.84. The zero-order valence-corrected chi connectivity index (χ0v) is 22.4. The van der Waals surface area contributed by atoms with Crippen molar-refractivity contribution >= 4 is 61.3 Å². The monoisotopic (exact) mass is 731 g/mol. The highest BCUT2D eigenvalue weighted by Gasteiger charge is 2.72. The van der Waals surface area contributed by atoms with Gasteiger partial charge in [0, 0.05) is 17.1 Å². The summed E-state index contributed by atoms with van der Waals surface area (Å²) in [5.41, 5.74) is 0.719. The summed E-state index contributed by atoms with van der Waals surface area (Å²) in [5.74, 6) is -9.03. The van der Waals surface area contributed by atoms with Gasteiger partial charge in [0.15, 0.2) is 22.2 Å². The minimum Gasteiger partial charge on any atom is -0.743 e. The molecule has 7 nitrogen and oxygen atoms in total. The third-order valence-electron chi connectivity index (χ3n) is 6.42. The maximum Gasteiger partial charge on any atom is 0.396 e. The Hall–Kier alpha value is -0.560. The van der Waals surface area contributed by atoms with E-state index in [4.69, 9.17) is 14.2 Å². The molecule has 0 radical (unpaired) electrons. The molecule has 0 amide bonds. The standard InChI is InChI=1S/C20H18F4I2O7S/c1-7(2)17(27)31-16-12(25)5-9(6-13(16)26)18-32-14-8-3-10(15(14)33-18)11(4-8)19(21,22)20(23,24)34(28,29)30/h5-6,8,10-11,14-15,18H,1,3-4H2,2H3,(H,28,29,30)/p-1. The average molecular weight is 731 g/mol. The first kappa shape index (κ1) is 26.5. The molecular weight excluding hydrogens is 714 g/mol. The number of rotatable bonds is 6. The van der Waals surface area contributed by atoms with Crippen molar-refractivity contribution in [1.82, 2.24) is 0 Å². The first-order valence-corrected chi connectivity index (χ1v) is 13.5. The molecule has 1 heterocycles. The van der Waals surface area contributed by atoms with E-state index < -0.39 is 69.9 Å². The molecule has 2 bridgehead atoms. The predicted molar refractivity (Wildman–Crippen MR) is 124 cm³/mol. The van der Waals surface area contributed by atoms with Gasteiger partial charge in [-0.25, -0.2) is 13.2 Å². The summed E-state index contributed by atoms with van der Waals surface area (Å²) in [6.45, 7) is 5.03. The Bertz CT molecular complexity index is 1140. The minimum absolute atomic E-state index is 0.0994. The van der Waals surface area contributed by atoms with Crippen LogP contribution in [0.15, 0.2) is 24.3 Å². The normalized spacial score (nSPS) is 30.9. The molecule has 1 aliphatic heterocycles. The lowest BCUT2D eigenvalue weighted by Gasteiger charge is -2.38. The lowest BCUT2D eigenvalue weighted by molar-refractivity contribution is -0.211. The molecule has 0 spiro atoms. The molecule has 6 unspecified atom stereocenters. The number of esters is 1. The summed E-state index contributed by atoms with van der Waals surface area (Å²) in [5, 5.41) is -5.73. The van der Waals surface area contributed by atoms with Crippen LogP contribution >= 0.6 is 45.2 Å². The third kappa shape index (κ3) is 4.18. The molecule has 34 heavy (non-hydrogen) atoms. The van der Waals surface area contributed by atoms with E-state index >= 15 is 0 Å². The molecule has 0 aromatic heterocycles. The van der Waals surface area contributed by atoms with Crippen LogP contribution in [0.2, 0.25) is 0 Å². The summed E-state index contributed by atoms with van der Waals surface area (Å²) in [4.78, 5) is 11.9. The maximum atomic E-state index is 14.6. The number of carbonyl (C=O) groups excluding carboxylic acids is 1. The van der Waals surface area contributed by atoms with Crippen molar-refractivity contribution in [2.24, 2.45) is 17.8 Å². The molecule has 1 saturated heterocycles. The highest BCUT2D eigenvalue weighted by Crippen LogP contribution is 2.62. The van der Waals surface area contributed by atoms with Crippen LogP contribution in [0.25, 0.3) is 0 Å². The zero-order valence-electron chi connectivity index (χ0n) is 17.3. The number of benzene rings is 1. The van der Waals surface area contributed by atoms with E-state index in [0.29, 0.717) is 18.5 Å². The van der Waals surface area contributed by atoms with Gasteiger partial charge in [-0.1, -0.05) is 6.58 Å². The van der Waals surface area contributed by atoms with Crippen molar-refractivity contribution in [3.8, 4) is 5.75 Å². The molecule has 6 atom stereocenters. The molecule has 3 fully saturated rings. The highest BCUT2D eigenvalue weighted by molar-refractivity contribution is 14.1. The van der Waals surface area contributed by atoms with Gasteiger partial charge in [-0.3, -0.25) is 0 Å². The fourth-order valence-corrected chi connectivity index (χ4v) is 7.41. The fourth-order valence-electron chi connectivity index (χ4n) is 4.89. The SMILES string of the molecule is C=C(C)C(=O)Oc1c(I)cc(C2OC3C4CC(C3O2)C(C(F)(F)C(F)(F)S(=O)(=O)[O-])C4)cc1I. The first-order valence-electron chi connectivity index (χ1n) is 9.95. The number of fused-ring (bicyclic) bond motifs is 5. The van der Waals surface area contributed by atoms with Gasteiger partial charge in [-0.2, -0.15) is 17.6 Å². The smallest absolute Gasteiger partial charge is 0.396 e. The van der Waals surface area contributed by atoms with Gasteiger partial charge in [-0.05, 0) is 88.9 Å². The Morgan fingerprint density at radius 3 is 2.24 bits per heavy atom. The molecular formula is C20H17F4I2O7S-. The molecule has 4 rings (SSSR count). The van der Waals surface area contributed by atoms with Crippen molar-refractivity contribution in [2.45, 2.75) is 49.4 Å². The number of ether oxygens (including phenoxy) is 3. The number of hydrogen-bond acceptors (Lipinski definition) is 7. The van der Waals surface area contributed by atoms with Gasteiger partial charge in [0.25, 0.3) is 0 Å². The van der Waals surface area contributed by atoms with Crippen molar-refractivity contribution in [1.29, 1.82) is 0 Å². The molecule has 3 aliphatic rings. The topological polar surface area (TPSA) is 102 Å². The van der Waals surface area contributed by atoms with Gasteiger partial charge in [0.1, 0.15) is 0 Å². The molecule has 1 aromatic rings. The number of alkyl halides is 4. The van der Waals surface area contributed by atoms with E-state index in [1.54, 1.807) is 12.1 Å². The molecule has 188 valence electrons. The summed E-state index contributed by atoms with van der Waals surface area (Å²) < 4.78 is 108. The second kappa shape index (κ2) is 8.78. The average Bonchev–Trinajstić information content (AvgIpc) is 3.40. The van der Waals surface area contributed by atoms with Crippen LogP contribution in [0.5, 0.6) is 5.75 Å². The van der Waals surface area contributed by atoms with Crippen molar-refractivity contribution in [3.63, 3.8) is 0 Å². The van der Waals surface area contributed by atoms with Crippen molar-refractivity contribution in [2.75, 3.05) is 0 Å². The van der Waals surface area contributed by atoms with Gasteiger partial charge in [-0.15, -0.1) is 0 Å². The second-order valence-corrected chi connectivity index (χ2v) is 12.4. The number of halogens is 6. The van der Waals surface area contributed by atoms with Gasteiger partial charge in [0.2, 0.25) is 0 Å². The van der Waals surface area contributed by atoms with E-state index in [1.807, 2.05) is 45.2 Å². The second-order valence-electron chi connectivity index (χ2n) is 8.61. The van der Waals surface area contributed by atoms with E-state index in [9.17, 15) is 35.3 Å². The Morgan fingerprint density at radius 2 is 1.71 bits per heavy atom. The third-order valence-corrected chi connectivity index (χ3v) is 8.93. The maximum absolute atomic E-state index is 14.6. The van der Waals surface area contributed by atoms with Gasteiger partial charge >= 0.3 is 17.1 Å². The summed E-state index contributed by atoms with van der Waals surface area (Å²) in [7, 11) is -6.57. The van der Waals surface area contributed by atoms with Crippen molar-refractivity contribution in [3.05, 3.63) is 37.0 Å². The van der Waals surface area contributed by atoms with E-state index in [1.165, 1.54) is 6.92 Å². The van der Waals surface area contributed by atoms with Gasteiger partial charge in [0.05, 0.1) is 19.3 Å². The molecule has 2 saturated carbocycles. The van der Waals surface area contributed by atoms with E-state index in [2.05, 4.69) is 6.58 Å². The molecule has 2 aliphatic carbocycles. The lowest BCUT2D eigenvalue weighted by Crippen LogP contribution is -2.55. The summed E-state index contributed by atoms with van der Waals surface area (Å²) in [6, 6.07) is 3.25. The van der Waals surface area contributed by atoms with Crippen LogP contribution in [0, 0.1) is 24.9 Å². The quantitative estimate of drug-likeness (QED) is 0.105. The largest absolute Gasteiger partial charge is 0.743 e. The fraction of sp³-hybridized carbons (Fsp3) is 0.550. The Balaban J connectivity index is 1.55. The molecule has 0 N–H and O–H groups in total. The minimum atomic E-state index is -6.57. The van der Waals surface area contributed by atoms with Crippen molar-refractivity contribution < 1.29 is 49.5 Å². The number of carbonyl (C=O) groups is 1. The van der Waals surface area contributed by atoms with Gasteiger partial charge < -0.3 is 18.8 Å². The first-order chi connectivity index (χ1) is 15.6. The highest BCUT2D eigenvalue weighted by atomic mass is 127. The lowest BCUT2D eigenvalue weighted by atomic mass is 9.81.